The third kappa shape index (κ3) is 3.44. The molecule has 6 heteroatoms. The number of allylic oxidation sites excluding steroid dienone is 3. The number of furan rings is 1. The number of para-hydroxylation sites is 5. The molecule has 10 rings (SSSR count). The van der Waals surface area contributed by atoms with Crippen LogP contribution >= 0.6 is 0 Å². The second-order valence-electron chi connectivity index (χ2n) is 12.0. The fourth-order valence-electron chi connectivity index (χ4n) is 7.49. The Balaban J connectivity index is 1.21. The van der Waals surface area contributed by atoms with E-state index in [9.17, 15) is 0 Å². The van der Waals surface area contributed by atoms with Crippen LogP contribution in [0.4, 0.5) is 22.9 Å². The highest BCUT2D eigenvalue weighted by atomic mass is 16.3. The van der Waals surface area contributed by atoms with Gasteiger partial charge in [-0.15, -0.1) is 0 Å². The van der Waals surface area contributed by atoms with Gasteiger partial charge in [-0.25, -0.2) is 0 Å². The molecule has 0 bridgehead atoms. The van der Waals surface area contributed by atoms with Crippen LogP contribution in [-0.2, 0) is 0 Å². The summed E-state index contributed by atoms with van der Waals surface area (Å²) >= 11 is 0. The molecule has 0 atom stereocenters. The predicted molar refractivity (Wildman–Crippen MR) is 193 cm³/mol. The van der Waals surface area contributed by atoms with E-state index in [-0.39, 0.29) is 0 Å². The van der Waals surface area contributed by atoms with Gasteiger partial charge in [0.05, 0.1) is 34.0 Å². The fourth-order valence-corrected chi connectivity index (χ4v) is 7.49. The van der Waals surface area contributed by atoms with Crippen LogP contribution in [0.5, 0.6) is 0 Å². The summed E-state index contributed by atoms with van der Waals surface area (Å²) in [5, 5.41) is 10.8. The van der Waals surface area contributed by atoms with Crippen molar-refractivity contribution in [3.8, 4) is 16.8 Å². The minimum Gasteiger partial charge on any atom is -0.455 e. The van der Waals surface area contributed by atoms with Crippen molar-refractivity contribution in [2.24, 2.45) is 0 Å². The molecule has 7 aromatic rings. The second kappa shape index (κ2) is 9.55. The van der Waals surface area contributed by atoms with Gasteiger partial charge in [0.2, 0.25) is 0 Å². The smallest absolute Gasteiger partial charge is 0.159 e. The van der Waals surface area contributed by atoms with E-state index in [1.807, 2.05) is 18.2 Å². The zero-order valence-electron chi connectivity index (χ0n) is 25.7. The van der Waals surface area contributed by atoms with Crippen LogP contribution in [0.3, 0.4) is 0 Å². The lowest BCUT2D eigenvalue weighted by molar-refractivity contribution is 0.670. The first-order valence-corrected chi connectivity index (χ1v) is 15.9. The molecule has 2 N–H and O–H groups in total. The molecule has 3 aliphatic heterocycles. The molecule has 224 valence electrons. The monoisotopic (exact) mass is 607 g/mol. The van der Waals surface area contributed by atoms with Crippen LogP contribution in [-0.4, -0.2) is 4.57 Å². The molecule has 0 radical (unpaired) electrons. The quantitative estimate of drug-likeness (QED) is 0.209. The number of anilines is 4. The molecule has 3 aliphatic rings. The van der Waals surface area contributed by atoms with Gasteiger partial charge in [-0.1, -0.05) is 91.5 Å². The van der Waals surface area contributed by atoms with E-state index < -0.39 is 0 Å². The fraction of sp³-hybridized carbons (Fsp3) is 0.0244. The SMILES string of the molecule is C=CC1=C(/C=C\C)N2C(=C3Nc4ccccc4N3c3c2c2ccccc2n3-c2ccc(-c3cccc4c3oc3ccccc34)cc2)N1. The highest BCUT2D eigenvalue weighted by molar-refractivity contribution is 6.11. The van der Waals surface area contributed by atoms with E-state index in [1.165, 1.54) is 0 Å². The van der Waals surface area contributed by atoms with Crippen molar-refractivity contribution in [3.05, 3.63) is 163 Å². The van der Waals surface area contributed by atoms with E-state index in [0.717, 1.165) is 95.6 Å². The van der Waals surface area contributed by atoms with Crippen molar-refractivity contribution in [3.63, 3.8) is 0 Å². The minimum absolute atomic E-state index is 0.905. The van der Waals surface area contributed by atoms with Crippen LogP contribution in [0, 0.1) is 0 Å². The zero-order valence-corrected chi connectivity index (χ0v) is 25.7. The maximum atomic E-state index is 6.39. The molecule has 5 aromatic carbocycles. The summed E-state index contributed by atoms with van der Waals surface area (Å²) in [6.07, 6.45) is 6.13. The summed E-state index contributed by atoms with van der Waals surface area (Å²) in [5.74, 6) is 3.03. The molecule has 0 fully saturated rings. The first kappa shape index (κ1) is 25.9. The van der Waals surface area contributed by atoms with Crippen molar-refractivity contribution in [2.45, 2.75) is 6.92 Å². The molecule has 0 unspecified atom stereocenters. The zero-order chi connectivity index (χ0) is 31.2. The van der Waals surface area contributed by atoms with Gasteiger partial charge in [0.1, 0.15) is 17.0 Å². The first-order chi connectivity index (χ1) is 23.2. The Bertz CT molecular complexity index is 2560. The molecule has 0 spiro atoms. The summed E-state index contributed by atoms with van der Waals surface area (Å²) in [5.41, 5.74) is 11.5. The molecular formula is C41H29N5O. The number of hydrogen-bond acceptors (Lipinski definition) is 5. The summed E-state index contributed by atoms with van der Waals surface area (Å²) in [6, 6.07) is 40.6. The molecular weight excluding hydrogens is 578 g/mol. The number of aromatic nitrogens is 1. The lowest BCUT2D eigenvalue weighted by Crippen LogP contribution is -2.35. The van der Waals surface area contributed by atoms with Crippen LogP contribution in [0.25, 0.3) is 49.7 Å². The largest absolute Gasteiger partial charge is 0.455 e. The van der Waals surface area contributed by atoms with E-state index >= 15 is 0 Å². The van der Waals surface area contributed by atoms with Gasteiger partial charge in [0.15, 0.2) is 11.6 Å². The summed E-state index contributed by atoms with van der Waals surface area (Å²) in [6.45, 7) is 6.20. The number of rotatable bonds is 4. The topological polar surface area (TPSA) is 48.6 Å². The molecule has 5 heterocycles. The summed E-state index contributed by atoms with van der Waals surface area (Å²) in [7, 11) is 0. The Morgan fingerprint density at radius 1 is 0.702 bits per heavy atom. The van der Waals surface area contributed by atoms with E-state index in [1.54, 1.807) is 0 Å². The lowest BCUT2D eigenvalue weighted by Gasteiger charge is -2.35. The highest BCUT2D eigenvalue weighted by Gasteiger charge is 2.44. The third-order valence-corrected chi connectivity index (χ3v) is 9.47. The van der Waals surface area contributed by atoms with Crippen molar-refractivity contribution < 1.29 is 4.42 Å². The highest BCUT2D eigenvalue weighted by Crippen LogP contribution is 2.56. The Labute approximate surface area is 271 Å². The normalized spacial score (nSPS) is 15.0. The van der Waals surface area contributed by atoms with Crippen molar-refractivity contribution in [1.82, 2.24) is 9.88 Å². The van der Waals surface area contributed by atoms with Gasteiger partial charge in [-0.05, 0) is 61.0 Å². The maximum absolute atomic E-state index is 6.39. The minimum atomic E-state index is 0.905. The van der Waals surface area contributed by atoms with Crippen LogP contribution < -0.4 is 20.4 Å². The standard InChI is InChI=1S/C41H29N5O/c1-3-12-34-31(4-2)42-39-40-43-32-17-7-9-19-35(32)46(40)41-37(45(34)39)30-14-5-8-18-33(30)44(41)26-23-21-25(22-24-26)27-15-11-16-29-28-13-6-10-20-36(28)47-38(27)29/h3-24,42-43H,2H2,1H3/b12-3-. The number of nitrogens with one attached hydrogen (secondary N) is 2. The number of nitrogens with zero attached hydrogens (tertiary/aromatic N) is 3. The van der Waals surface area contributed by atoms with Gasteiger partial charge in [0.25, 0.3) is 0 Å². The summed E-state index contributed by atoms with van der Waals surface area (Å²) in [4.78, 5) is 4.69. The van der Waals surface area contributed by atoms with E-state index in [4.69, 9.17) is 4.42 Å². The van der Waals surface area contributed by atoms with Crippen LogP contribution in [0.15, 0.2) is 168 Å². The molecule has 0 saturated heterocycles. The first-order valence-electron chi connectivity index (χ1n) is 15.9. The molecule has 6 nitrogen and oxygen atoms in total. The van der Waals surface area contributed by atoms with Crippen molar-refractivity contribution >= 4 is 55.7 Å². The summed E-state index contributed by atoms with van der Waals surface area (Å²) < 4.78 is 8.77. The Kier molecular flexibility index (Phi) is 5.26. The number of hydrogen-bond donors (Lipinski definition) is 2. The van der Waals surface area contributed by atoms with Gasteiger partial charge in [-0.3, -0.25) is 14.4 Å². The lowest BCUT2D eigenvalue weighted by atomic mass is 10.0. The number of benzene rings is 5. The predicted octanol–water partition coefficient (Wildman–Crippen LogP) is 10.3. The van der Waals surface area contributed by atoms with Crippen LogP contribution in [0.1, 0.15) is 6.92 Å². The van der Waals surface area contributed by atoms with Crippen molar-refractivity contribution in [1.29, 1.82) is 0 Å². The van der Waals surface area contributed by atoms with E-state index in [2.05, 4.69) is 154 Å². The Morgan fingerprint density at radius 3 is 2.30 bits per heavy atom. The van der Waals surface area contributed by atoms with Crippen molar-refractivity contribution in [2.75, 3.05) is 15.1 Å². The second-order valence-corrected chi connectivity index (χ2v) is 12.0. The van der Waals surface area contributed by atoms with Gasteiger partial charge in [0, 0.05) is 27.4 Å². The number of fused-ring (bicyclic) bond motifs is 12. The molecule has 47 heavy (non-hydrogen) atoms. The third-order valence-electron chi connectivity index (χ3n) is 9.47. The average molecular weight is 608 g/mol. The molecule has 0 saturated carbocycles. The van der Waals surface area contributed by atoms with Crippen LogP contribution in [0.2, 0.25) is 0 Å². The molecule has 0 aliphatic carbocycles. The maximum Gasteiger partial charge on any atom is 0.159 e. The Hall–Kier alpha value is -6.40. The average Bonchev–Trinajstić information content (AvgIpc) is 3.87. The Morgan fingerprint density at radius 2 is 1.45 bits per heavy atom. The van der Waals surface area contributed by atoms with E-state index in [0.29, 0.717) is 0 Å². The van der Waals surface area contributed by atoms with Gasteiger partial charge >= 0.3 is 0 Å². The molecule has 2 aromatic heterocycles. The van der Waals surface area contributed by atoms with Gasteiger partial charge < -0.3 is 15.1 Å². The molecule has 0 amide bonds. The van der Waals surface area contributed by atoms with Gasteiger partial charge in [-0.2, -0.15) is 0 Å².